The Morgan fingerprint density at radius 2 is 1.37 bits per heavy atom. The Balaban J connectivity index is 3.21. The number of unbranched alkanes of at least 4 members (excludes halogenated alkanes) is 5. The normalized spacial score (nSPS) is 11.5. The fourth-order valence-corrected chi connectivity index (χ4v) is 1.81. The molecule has 0 rings (SSSR count). The lowest BCUT2D eigenvalue weighted by Crippen LogP contribution is -2.02. The van der Waals surface area contributed by atoms with Gasteiger partial charge in [0.2, 0.25) is 0 Å². The number of carbonyl (C=O) groups is 1. The summed E-state index contributed by atoms with van der Waals surface area (Å²) in [6.07, 6.45) is 18.8. The molecular formula is C17H30O2. The van der Waals surface area contributed by atoms with E-state index in [1.807, 2.05) is 6.92 Å². The second kappa shape index (κ2) is 15.0. The lowest BCUT2D eigenvalue weighted by Gasteiger charge is -2.00. The number of carbonyl (C=O) groups excluding carboxylic acids is 1. The van der Waals surface area contributed by atoms with Gasteiger partial charge in [-0.2, -0.15) is 0 Å². The van der Waals surface area contributed by atoms with Gasteiger partial charge in [-0.15, -0.1) is 0 Å². The van der Waals surface area contributed by atoms with Crippen molar-refractivity contribution < 1.29 is 9.53 Å². The van der Waals surface area contributed by atoms with Crippen molar-refractivity contribution >= 4 is 5.97 Å². The minimum absolute atomic E-state index is 0.0633. The van der Waals surface area contributed by atoms with Gasteiger partial charge in [-0.05, 0) is 58.3 Å². The zero-order chi connectivity index (χ0) is 14.2. The van der Waals surface area contributed by atoms with Crippen LogP contribution in [0.4, 0.5) is 0 Å². The van der Waals surface area contributed by atoms with E-state index >= 15 is 0 Å². The van der Waals surface area contributed by atoms with Gasteiger partial charge in [-0.3, -0.25) is 4.79 Å². The van der Waals surface area contributed by atoms with E-state index in [1.54, 1.807) is 0 Å². The van der Waals surface area contributed by atoms with Crippen molar-refractivity contribution in [2.24, 2.45) is 0 Å². The van der Waals surface area contributed by atoms with Crippen LogP contribution in [0, 0.1) is 0 Å². The highest BCUT2D eigenvalue weighted by atomic mass is 16.5. The van der Waals surface area contributed by atoms with Gasteiger partial charge < -0.3 is 4.74 Å². The van der Waals surface area contributed by atoms with E-state index in [-0.39, 0.29) is 5.97 Å². The van der Waals surface area contributed by atoms with Crippen LogP contribution < -0.4 is 0 Å². The predicted molar refractivity (Wildman–Crippen MR) is 82.1 cm³/mol. The fraction of sp³-hybridized carbons (Fsp3) is 0.706. The number of hydrogen-bond acceptors (Lipinski definition) is 2. The van der Waals surface area contributed by atoms with Gasteiger partial charge in [0.1, 0.15) is 0 Å². The van der Waals surface area contributed by atoms with Gasteiger partial charge in [-0.25, -0.2) is 0 Å². The van der Waals surface area contributed by atoms with Gasteiger partial charge in [0.05, 0.1) is 6.61 Å². The molecule has 0 saturated heterocycles. The summed E-state index contributed by atoms with van der Waals surface area (Å²) in [5, 5.41) is 0. The first-order valence-corrected chi connectivity index (χ1v) is 7.76. The number of rotatable bonds is 12. The maximum atomic E-state index is 11.1. The molecule has 0 fully saturated rings. The molecule has 0 amide bonds. The molecule has 0 aliphatic carbocycles. The number of esters is 1. The molecule has 0 unspecified atom stereocenters. The molecule has 0 aliphatic rings. The molecule has 0 aromatic carbocycles. The number of ether oxygens (including phenoxy) is 1. The van der Waals surface area contributed by atoms with E-state index in [0.717, 1.165) is 25.7 Å². The zero-order valence-electron chi connectivity index (χ0n) is 12.7. The largest absolute Gasteiger partial charge is 0.466 e. The van der Waals surface area contributed by atoms with Gasteiger partial charge in [0.25, 0.3) is 0 Å². The van der Waals surface area contributed by atoms with E-state index in [0.29, 0.717) is 13.0 Å². The molecule has 0 saturated carbocycles. The SMILES string of the molecule is CCC=CCCCCC=CCCCCC(=O)OCC. The Bertz CT molecular complexity index is 254. The summed E-state index contributed by atoms with van der Waals surface area (Å²) in [5.41, 5.74) is 0. The average Bonchev–Trinajstić information content (AvgIpc) is 2.40. The van der Waals surface area contributed by atoms with Gasteiger partial charge in [0, 0.05) is 6.42 Å². The summed E-state index contributed by atoms with van der Waals surface area (Å²) in [6, 6.07) is 0. The van der Waals surface area contributed by atoms with Crippen LogP contribution in [0.5, 0.6) is 0 Å². The second-order valence-electron chi connectivity index (χ2n) is 4.69. The van der Waals surface area contributed by atoms with Gasteiger partial charge >= 0.3 is 5.97 Å². The van der Waals surface area contributed by atoms with E-state index in [2.05, 4.69) is 31.2 Å². The van der Waals surface area contributed by atoms with E-state index in [1.165, 1.54) is 25.7 Å². The van der Waals surface area contributed by atoms with Crippen LogP contribution >= 0.6 is 0 Å². The highest BCUT2D eigenvalue weighted by Gasteiger charge is 1.99. The molecule has 0 heterocycles. The van der Waals surface area contributed by atoms with Crippen LogP contribution in [0.25, 0.3) is 0 Å². The van der Waals surface area contributed by atoms with E-state index in [4.69, 9.17) is 4.74 Å². The molecule has 0 atom stereocenters. The maximum absolute atomic E-state index is 11.1. The van der Waals surface area contributed by atoms with Gasteiger partial charge in [0.15, 0.2) is 0 Å². The van der Waals surface area contributed by atoms with E-state index in [9.17, 15) is 4.79 Å². The molecule has 0 N–H and O–H groups in total. The first-order chi connectivity index (χ1) is 9.31. The Hall–Kier alpha value is -1.05. The number of hydrogen-bond donors (Lipinski definition) is 0. The smallest absolute Gasteiger partial charge is 0.305 e. The van der Waals surface area contributed by atoms with Crippen molar-refractivity contribution in [2.45, 2.75) is 71.6 Å². The molecule has 110 valence electrons. The molecule has 0 bridgehead atoms. The van der Waals surface area contributed by atoms with Crippen LogP contribution in [0.2, 0.25) is 0 Å². The summed E-state index contributed by atoms with van der Waals surface area (Å²) in [7, 11) is 0. The summed E-state index contributed by atoms with van der Waals surface area (Å²) >= 11 is 0. The number of allylic oxidation sites excluding steroid dienone is 4. The molecule has 0 aromatic rings. The van der Waals surface area contributed by atoms with Crippen molar-refractivity contribution in [3.63, 3.8) is 0 Å². The monoisotopic (exact) mass is 266 g/mol. The highest BCUT2D eigenvalue weighted by molar-refractivity contribution is 5.69. The molecular weight excluding hydrogens is 236 g/mol. The molecule has 0 radical (unpaired) electrons. The quantitative estimate of drug-likeness (QED) is 0.276. The topological polar surface area (TPSA) is 26.3 Å². The van der Waals surface area contributed by atoms with Crippen LogP contribution in [-0.2, 0) is 9.53 Å². The molecule has 0 aliphatic heterocycles. The van der Waals surface area contributed by atoms with Crippen LogP contribution in [0.3, 0.4) is 0 Å². The standard InChI is InChI=1S/C17H30O2/c1-3-5-6-7-8-9-10-11-12-13-14-15-16-17(18)19-4-2/h5-6,11-12H,3-4,7-10,13-16H2,1-2H3. The Morgan fingerprint density at radius 3 is 1.89 bits per heavy atom. The lowest BCUT2D eigenvalue weighted by molar-refractivity contribution is -0.143. The van der Waals surface area contributed by atoms with Crippen LogP contribution in [0.1, 0.15) is 71.6 Å². The summed E-state index contributed by atoms with van der Waals surface area (Å²) in [5.74, 6) is -0.0633. The van der Waals surface area contributed by atoms with E-state index < -0.39 is 0 Å². The van der Waals surface area contributed by atoms with Crippen molar-refractivity contribution in [2.75, 3.05) is 6.61 Å². The third-order valence-electron chi connectivity index (χ3n) is 2.87. The van der Waals surface area contributed by atoms with Crippen molar-refractivity contribution in [3.8, 4) is 0 Å². The predicted octanol–water partition coefficient (Wildman–Crippen LogP) is 5.19. The van der Waals surface area contributed by atoms with Crippen molar-refractivity contribution in [1.29, 1.82) is 0 Å². The highest BCUT2D eigenvalue weighted by Crippen LogP contribution is 2.05. The average molecular weight is 266 g/mol. The van der Waals surface area contributed by atoms with Crippen LogP contribution in [-0.4, -0.2) is 12.6 Å². The Kier molecular flexibility index (Phi) is 14.2. The molecule has 2 heteroatoms. The zero-order valence-corrected chi connectivity index (χ0v) is 12.7. The van der Waals surface area contributed by atoms with Crippen molar-refractivity contribution in [1.82, 2.24) is 0 Å². The fourth-order valence-electron chi connectivity index (χ4n) is 1.81. The molecule has 2 nitrogen and oxygen atoms in total. The maximum Gasteiger partial charge on any atom is 0.305 e. The van der Waals surface area contributed by atoms with Crippen molar-refractivity contribution in [3.05, 3.63) is 24.3 Å². The summed E-state index contributed by atoms with van der Waals surface area (Å²) in [4.78, 5) is 11.1. The summed E-state index contributed by atoms with van der Waals surface area (Å²) < 4.78 is 4.88. The minimum atomic E-state index is -0.0633. The lowest BCUT2D eigenvalue weighted by atomic mass is 10.1. The minimum Gasteiger partial charge on any atom is -0.466 e. The first-order valence-electron chi connectivity index (χ1n) is 7.76. The van der Waals surface area contributed by atoms with Crippen LogP contribution in [0.15, 0.2) is 24.3 Å². The summed E-state index contributed by atoms with van der Waals surface area (Å²) in [6.45, 7) is 4.51. The first kappa shape index (κ1) is 17.9. The Morgan fingerprint density at radius 1 is 0.842 bits per heavy atom. The molecule has 0 aromatic heterocycles. The molecule has 0 spiro atoms. The third kappa shape index (κ3) is 14.9. The molecule has 19 heavy (non-hydrogen) atoms. The second-order valence-corrected chi connectivity index (χ2v) is 4.69. The van der Waals surface area contributed by atoms with Gasteiger partial charge in [-0.1, -0.05) is 31.2 Å². The third-order valence-corrected chi connectivity index (χ3v) is 2.87. The Labute approximate surface area is 118 Å².